The van der Waals surface area contributed by atoms with Crippen molar-refractivity contribution in [2.75, 3.05) is 0 Å². The first-order valence-corrected chi connectivity index (χ1v) is 8.90. The second-order valence-corrected chi connectivity index (χ2v) is 6.55. The third-order valence-electron chi connectivity index (χ3n) is 4.46. The standard InChI is InChI=1S/C26H24/c1-20-14-16-24(17-15-20)22(3)19-26(25-12-8-5-9-13-25)18-21(2)23-10-6-4-7-11-23/h4-19H,2H2,1,3H3/b22-19+,26-18+. The van der Waals surface area contributed by atoms with Gasteiger partial charge in [-0.3, -0.25) is 0 Å². The summed E-state index contributed by atoms with van der Waals surface area (Å²) in [5.74, 6) is 0. The molecule has 0 spiro atoms. The molecule has 0 aliphatic heterocycles. The molecule has 0 saturated heterocycles. The zero-order chi connectivity index (χ0) is 18.4. The summed E-state index contributed by atoms with van der Waals surface area (Å²) < 4.78 is 0. The van der Waals surface area contributed by atoms with E-state index in [0.717, 1.165) is 16.7 Å². The fourth-order valence-electron chi connectivity index (χ4n) is 2.90. The number of aryl methyl sites for hydroxylation is 1. The quantitative estimate of drug-likeness (QED) is 0.432. The average molecular weight is 336 g/mol. The van der Waals surface area contributed by atoms with Crippen LogP contribution in [0, 0.1) is 6.92 Å². The summed E-state index contributed by atoms with van der Waals surface area (Å²) in [5.41, 5.74) is 8.26. The number of hydrogen-bond donors (Lipinski definition) is 0. The Morgan fingerprint density at radius 2 is 1.19 bits per heavy atom. The van der Waals surface area contributed by atoms with Crippen LogP contribution >= 0.6 is 0 Å². The summed E-state index contributed by atoms with van der Waals surface area (Å²) >= 11 is 0. The second-order valence-electron chi connectivity index (χ2n) is 6.55. The first-order valence-electron chi connectivity index (χ1n) is 8.90. The van der Waals surface area contributed by atoms with E-state index in [1.807, 2.05) is 24.3 Å². The molecule has 128 valence electrons. The lowest BCUT2D eigenvalue weighted by Gasteiger charge is -2.09. The molecule has 3 rings (SSSR count). The molecule has 0 bridgehead atoms. The van der Waals surface area contributed by atoms with Gasteiger partial charge in [-0.15, -0.1) is 0 Å². The van der Waals surface area contributed by atoms with Gasteiger partial charge in [0.25, 0.3) is 0 Å². The highest BCUT2D eigenvalue weighted by Crippen LogP contribution is 2.26. The van der Waals surface area contributed by atoms with Gasteiger partial charge in [-0.2, -0.15) is 0 Å². The molecule has 0 amide bonds. The minimum absolute atomic E-state index is 1.01. The van der Waals surface area contributed by atoms with E-state index in [0.29, 0.717) is 0 Å². The molecule has 0 nitrogen and oxygen atoms in total. The molecule has 26 heavy (non-hydrogen) atoms. The minimum atomic E-state index is 1.01. The maximum atomic E-state index is 4.28. The molecule has 0 aromatic heterocycles. The molecule has 0 aliphatic rings. The van der Waals surface area contributed by atoms with Crippen molar-refractivity contribution in [3.8, 4) is 0 Å². The Bertz CT molecular complexity index is 924. The maximum absolute atomic E-state index is 4.28. The SMILES string of the molecule is C=C(/C=C(\C=C(/C)c1ccc(C)cc1)c1ccccc1)c1ccccc1. The monoisotopic (exact) mass is 336 g/mol. The van der Waals surface area contributed by atoms with Gasteiger partial charge >= 0.3 is 0 Å². The number of allylic oxidation sites excluding steroid dienone is 5. The average Bonchev–Trinajstić information content (AvgIpc) is 2.69. The van der Waals surface area contributed by atoms with E-state index in [4.69, 9.17) is 0 Å². The second kappa shape index (κ2) is 8.31. The van der Waals surface area contributed by atoms with Gasteiger partial charge < -0.3 is 0 Å². The molecule has 3 aromatic rings. The van der Waals surface area contributed by atoms with E-state index in [1.54, 1.807) is 0 Å². The molecule has 0 unspecified atom stereocenters. The summed E-state index contributed by atoms with van der Waals surface area (Å²) in [5, 5.41) is 0. The topological polar surface area (TPSA) is 0 Å². The molecule has 0 fully saturated rings. The van der Waals surface area contributed by atoms with Crippen molar-refractivity contribution < 1.29 is 0 Å². The van der Waals surface area contributed by atoms with Crippen molar-refractivity contribution >= 4 is 16.7 Å². The fourth-order valence-corrected chi connectivity index (χ4v) is 2.90. The van der Waals surface area contributed by atoms with Gasteiger partial charge in [-0.1, -0.05) is 103 Å². The smallest absolute Gasteiger partial charge is 0.0175 e. The largest absolute Gasteiger partial charge is 0.0911 e. The lowest BCUT2D eigenvalue weighted by atomic mass is 9.96. The van der Waals surface area contributed by atoms with E-state index in [2.05, 4.69) is 93.2 Å². The molecule has 0 heterocycles. The summed E-state index contributed by atoms with van der Waals surface area (Å²) in [6.07, 6.45) is 4.41. The van der Waals surface area contributed by atoms with E-state index < -0.39 is 0 Å². The van der Waals surface area contributed by atoms with Gasteiger partial charge in [-0.25, -0.2) is 0 Å². The molecule has 3 aromatic carbocycles. The van der Waals surface area contributed by atoms with Crippen LogP contribution in [0.1, 0.15) is 29.2 Å². The van der Waals surface area contributed by atoms with Gasteiger partial charge in [-0.05, 0) is 53.3 Å². The van der Waals surface area contributed by atoms with Gasteiger partial charge in [0.05, 0.1) is 0 Å². The maximum Gasteiger partial charge on any atom is -0.0175 e. The van der Waals surface area contributed by atoms with Crippen LogP contribution in [-0.2, 0) is 0 Å². The lowest BCUT2D eigenvalue weighted by Crippen LogP contribution is -1.87. The van der Waals surface area contributed by atoms with Crippen LogP contribution in [0.3, 0.4) is 0 Å². The first kappa shape index (κ1) is 17.7. The van der Waals surface area contributed by atoms with Gasteiger partial charge in [0.1, 0.15) is 0 Å². The Balaban J connectivity index is 2.01. The molecule has 0 radical (unpaired) electrons. The molecule has 0 saturated carbocycles. The first-order chi connectivity index (χ1) is 12.6. The summed E-state index contributed by atoms with van der Waals surface area (Å²) in [7, 11) is 0. The normalized spacial score (nSPS) is 12.1. The lowest BCUT2D eigenvalue weighted by molar-refractivity contribution is 1.44. The van der Waals surface area contributed by atoms with Crippen LogP contribution in [0.2, 0.25) is 0 Å². The van der Waals surface area contributed by atoms with E-state index in [-0.39, 0.29) is 0 Å². The van der Waals surface area contributed by atoms with Crippen molar-refractivity contribution in [3.63, 3.8) is 0 Å². The Morgan fingerprint density at radius 3 is 1.77 bits per heavy atom. The number of benzene rings is 3. The molecule has 0 atom stereocenters. The van der Waals surface area contributed by atoms with Crippen molar-refractivity contribution in [2.45, 2.75) is 13.8 Å². The van der Waals surface area contributed by atoms with Crippen LogP contribution in [0.25, 0.3) is 16.7 Å². The Kier molecular flexibility index (Phi) is 5.66. The van der Waals surface area contributed by atoms with Crippen LogP contribution in [0.5, 0.6) is 0 Å². The Labute approximate surface area is 156 Å². The highest BCUT2D eigenvalue weighted by molar-refractivity contribution is 5.90. The molecule has 0 heteroatoms. The summed E-state index contributed by atoms with van der Waals surface area (Å²) in [6.45, 7) is 8.55. The van der Waals surface area contributed by atoms with Crippen LogP contribution < -0.4 is 0 Å². The Morgan fingerprint density at radius 1 is 0.654 bits per heavy atom. The predicted molar refractivity (Wildman–Crippen MR) is 115 cm³/mol. The van der Waals surface area contributed by atoms with Crippen LogP contribution in [0.15, 0.2) is 104 Å². The summed E-state index contributed by atoms with van der Waals surface area (Å²) in [6, 6.07) is 29.4. The Hall–Kier alpha value is -3.12. The summed E-state index contributed by atoms with van der Waals surface area (Å²) in [4.78, 5) is 0. The van der Waals surface area contributed by atoms with E-state index in [1.165, 1.54) is 22.3 Å². The highest BCUT2D eigenvalue weighted by Gasteiger charge is 2.03. The van der Waals surface area contributed by atoms with Crippen LogP contribution in [0.4, 0.5) is 0 Å². The van der Waals surface area contributed by atoms with Gasteiger partial charge in [0.2, 0.25) is 0 Å². The van der Waals surface area contributed by atoms with Crippen molar-refractivity contribution in [3.05, 3.63) is 126 Å². The highest BCUT2D eigenvalue weighted by atomic mass is 14.1. The molecule has 0 N–H and O–H groups in total. The number of rotatable bonds is 5. The predicted octanol–water partition coefficient (Wildman–Crippen LogP) is 7.20. The third-order valence-corrected chi connectivity index (χ3v) is 4.46. The van der Waals surface area contributed by atoms with Crippen LogP contribution in [-0.4, -0.2) is 0 Å². The van der Waals surface area contributed by atoms with Crippen molar-refractivity contribution in [1.82, 2.24) is 0 Å². The van der Waals surface area contributed by atoms with E-state index in [9.17, 15) is 0 Å². The fraction of sp³-hybridized carbons (Fsp3) is 0.0769. The third kappa shape index (κ3) is 4.49. The number of hydrogen-bond acceptors (Lipinski definition) is 0. The van der Waals surface area contributed by atoms with Crippen molar-refractivity contribution in [1.29, 1.82) is 0 Å². The molecular weight excluding hydrogens is 312 g/mol. The van der Waals surface area contributed by atoms with Gasteiger partial charge in [0, 0.05) is 0 Å². The zero-order valence-corrected chi connectivity index (χ0v) is 15.4. The van der Waals surface area contributed by atoms with Gasteiger partial charge in [0.15, 0.2) is 0 Å². The minimum Gasteiger partial charge on any atom is -0.0911 e. The zero-order valence-electron chi connectivity index (χ0n) is 15.4. The van der Waals surface area contributed by atoms with E-state index >= 15 is 0 Å². The van der Waals surface area contributed by atoms with Crippen molar-refractivity contribution in [2.24, 2.45) is 0 Å². The molecular formula is C26H24. The molecule has 0 aliphatic carbocycles.